The zero-order chi connectivity index (χ0) is 16.6. The first kappa shape index (κ1) is 14.8. The summed E-state index contributed by atoms with van der Waals surface area (Å²) in [6, 6.07) is 6.63. The molecule has 7 heteroatoms. The van der Waals surface area contributed by atoms with Gasteiger partial charge in [0.2, 0.25) is 0 Å². The van der Waals surface area contributed by atoms with Crippen LogP contribution >= 0.6 is 0 Å². The molecule has 0 spiro atoms. The SMILES string of the molecule is c1cc(CN2C[C@H]3CC[C@@H]2CN(c2cnccn2)C3)c2nonc2c1. The van der Waals surface area contributed by atoms with Crippen molar-refractivity contribution in [2.24, 2.45) is 5.92 Å². The molecule has 0 unspecified atom stereocenters. The summed E-state index contributed by atoms with van der Waals surface area (Å²) >= 11 is 0. The fourth-order valence-corrected chi connectivity index (χ4v) is 4.22. The van der Waals surface area contributed by atoms with Gasteiger partial charge in [0.25, 0.3) is 0 Å². The van der Waals surface area contributed by atoms with Crippen LogP contribution in [0.4, 0.5) is 5.82 Å². The molecule has 0 N–H and O–H groups in total. The van der Waals surface area contributed by atoms with E-state index in [2.05, 4.69) is 36.1 Å². The molecule has 6 rings (SSSR count). The Labute approximate surface area is 145 Å². The highest BCUT2D eigenvalue weighted by Gasteiger charge is 2.35. The largest absolute Gasteiger partial charge is 0.353 e. The fraction of sp³-hybridized carbons (Fsp3) is 0.444. The highest BCUT2D eigenvalue weighted by atomic mass is 16.6. The van der Waals surface area contributed by atoms with E-state index in [0.717, 1.165) is 43.0 Å². The van der Waals surface area contributed by atoms with Gasteiger partial charge in [-0.2, -0.15) is 0 Å². The maximum Gasteiger partial charge on any atom is 0.147 e. The van der Waals surface area contributed by atoms with Crippen molar-refractivity contribution in [3.63, 3.8) is 0 Å². The van der Waals surface area contributed by atoms with Crippen LogP contribution in [-0.2, 0) is 6.54 Å². The maximum absolute atomic E-state index is 4.91. The van der Waals surface area contributed by atoms with Crippen LogP contribution < -0.4 is 4.90 Å². The molecular formula is C18H20N6O. The Kier molecular flexibility index (Phi) is 3.59. The number of hydrogen-bond donors (Lipinski definition) is 0. The zero-order valence-corrected chi connectivity index (χ0v) is 14.0. The van der Waals surface area contributed by atoms with Gasteiger partial charge in [-0.15, -0.1) is 0 Å². The average molecular weight is 336 g/mol. The van der Waals surface area contributed by atoms with E-state index in [1.54, 1.807) is 12.4 Å². The summed E-state index contributed by atoms with van der Waals surface area (Å²) in [6.07, 6.45) is 7.89. The molecule has 3 saturated heterocycles. The highest BCUT2D eigenvalue weighted by Crippen LogP contribution is 2.31. The van der Waals surface area contributed by atoms with Crippen LogP contribution in [0.3, 0.4) is 0 Å². The molecule has 0 radical (unpaired) electrons. The van der Waals surface area contributed by atoms with Gasteiger partial charge < -0.3 is 4.90 Å². The number of rotatable bonds is 3. The molecule has 3 aliphatic heterocycles. The summed E-state index contributed by atoms with van der Waals surface area (Å²) in [5, 5.41) is 8.05. The Morgan fingerprint density at radius 3 is 3.00 bits per heavy atom. The molecule has 5 heterocycles. The van der Waals surface area contributed by atoms with Crippen molar-refractivity contribution in [1.82, 2.24) is 25.2 Å². The third-order valence-electron chi connectivity index (χ3n) is 5.44. The fourth-order valence-electron chi connectivity index (χ4n) is 4.22. The predicted molar refractivity (Wildman–Crippen MR) is 93.0 cm³/mol. The van der Waals surface area contributed by atoms with Gasteiger partial charge in [0, 0.05) is 44.6 Å². The number of fused-ring (bicyclic) bond motifs is 5. The molecule has 7 nitrogen and oxygen atoms in total. The van der Waals surface area contributed by atoms with E-state index in [4.69, 9.17) is 4.63 Å². The lowest BCUT2D eigenvalue weighted by molar-refractivity contribution is 0.127. The Morgan fingerprint density at radius 2 is 2.08 bits per heavy atom. The topological polar surface area (TPSA) is 71.2 Å². The average Bonchev–Trinajstić information content (AvgIpc) is 2.96. The molecule has 3 aliphatic rings. The number of anilines is 1. The smallest absolute Gasteiger partial charge is 0.147 e. The van der Waals surface area contributed by atoms with Crippen molar-refractivity contribution in [3.05, 3.63) is 42.4 Å². The molecule has 0 aliphatic carbocycles. The first-order valence-electron chi connectivity index (χ1n) is 8.82. The minimum atomic E-state index is 0.524. The Balaban J connectivity index is 1.40. The molecule has 3 fully saturated rings. The van der Waals surface area contributed by atoms with Gasteiger partial charge in [-0.25, -0.2) is 9.61 Å². The Bertz CT molecular complexity index is 866. The second-order valence-corrected chi connectivity index (χ2v) is 7.04. The molecule has 2 atom stereocenters. The van der Waals surface area contributed by atoms with E-state index in [9.17, 15) is 0 Å². The first-order chi connectivity index (χ1) is 12.4. The standard InChI is InChI=1S/C18H20N6O/c1-2-14(18-16(3-1)21-25-22-18)11-23-9-13-4-5-15(23)12-24(10-13)17-8-19-6-7-20-17/h1-3,6-8,13,15H,4-5,9-12H2/t13-,15-/m1/s1. The van der Waals surface area contributed by atoms with Crippen LogP contribution in [0, 0.1) is 5.92 Å². The van der Waals surface area contributed by atoms with Crippen molar-refractivity contribution in [1.29, 1.82) is 0 Å². The van der Waals surface area contributed by atoms with Crippen LogP contribution in [0.1, 0.15) is 18.4 Å². The molecule has 3 aromatic rings. The molecule has 2 aromatic heterocycles. The van der Waals surface area contributed by atoms with Gasteiger partial charge in [-0.3, -0.25) is 9.88 Å². The third kappa shape index (κ3) is 2.74. The molecule has 25 heavy (non-hydrogen) atoms. The van der Waals surface area contributed by atoms with Gasteiger partial charge >= 0.3 is 0 Å². The zero-order valence-electron chi connectivity index (χ0n) is 14.0. The van der Waals surface area contributed by atoms with Crippen molar-refractivity contribution < 1.29 is 4.63 Å². The summed E-state index contributed by atoms with van der Waals surface area (Å²) in [4.78, 5) is 13.7. The summed E-state index contributed by atoms with van der Waals surface area (Å²) in [6.45, 7) is 4.06. The lowest BCUT2D eigenvalue weighted by Crippen LogP contribution is -2.43. The number of hydrogen-bond acceptors (Lipinski definition) is 7. The van der Waals surface area contributed by atoms with Gasteiger partial charge in [0.15, 0.2) is 0 Å². The monoisotopic (exact) mass is 336 g/mol. The minimum Gasteiger partial charge on any atom is -0.353 e. The number of aromatic nitrogens is 4. The third-order valence-corrected chi connectivity index (χ3v) is 5.44. The summed E-state index contributed by atoms with van der Waals surface area (Å²) in [5.41, 5.74) is 2.91. The Hall–Kier alpha value is -2.54. The number of benzene rings is 1. The van der Waals surface area contributed by atoms with Crippen LogP contribution in [0.25, 0.3) is 11.0 Å². The van der Waals surface area contributed by atoms with E-state index in [1.807, 2.05) is 18.3 Å². The van der Waals surface area contributed by atoms with E-state index in [1.165, 1.54) is 18.4 Å². The van der Waals surface area contributed by atoms with Crippen LogP contribution in [0.2, 0.25) is 0 Å². The lowest BCUT2D eigenvalue weighted by atomic mass is 9.94. The first-order valence-corrected chi connectivity index (χ1v) is 8.82. The van der Waals surface area contributed by atoms with Crippen LogP contribution in [0.15, 0.2) is 41.4 Å². The van der Waals surface area contributed by atoms with Gasteiger partial charge in [-0.05, 0) is 40.7 Å². The summed E-state index contributed by atoms with van der Waals surface area (Å²) in [5.74, 6) is 1.65. The van der Waals surface area contributed by atoms with Crippen LogP contribution in [-0.4, -0.2) is 50.9 Å². The van der Waals surface area contributed by atoms with Crippen molar-refractivity contribution in [2.75, 3.05) is 24.5 Å². The van der Waals surface area contributed by atoms with Gasteiger partial charge in [-0.1, -0.05) is 12.1 Å². The highest BCUT2D eigenvalue weighted by molar-refractivity contribution is 5.76. The van der Waals surface area contributed by atoms with Gasteiger partial charge in [0.05, 0.1) is 6.20 Å². The minimum absolute atomic E-state index is 0.524. The van der Waals surface area contributed by atoms with Crippen molar-refractivity contribution in [2.45, 2.75) is 25.4 Å². The molecule has 2 bridgehead atoms. The number of piperidine rings is 1. The molecule has 1 aromatic carbocycles. The lowest BCUT2D eigenvalue weighted by Gasteiger charge is -2.36. The van der Waals surface area contributed by atoms with Crippen molar-refractivity contribution in [3.8, 4) is 0 Å². The summed E-state index contributed by atoms with van der Waals surface area (Å²) < 4.78 is 4.91. The van der Waals surface area contributed by atoms with E-state index < -0.39 is 0 Å². The van der Waals surface area contributed by atoms with E-state index >= 15 is 0 Å². The normalized spacial score (nSPS) is 23.9. The second-order valence-electron chi connectivity index (χ2n) is 7.04. The Morgan fingerprint density at radius 1 is 1.08 bits per heavy atom. The summed E-state index contributed by atoms with van der Waals surface area (Å²) in [7, 11) is 0. The maximum atomic E-state index is 4.91. The van der Waals surface area contributed by atoms with E-state index in [-0.39, 0.29) is 0 Å². The molecular weight excluding hydrogens is 316 g/mol. The van der Waals surface area contributed by atoms with Crippen LogP contribution in [0.5, 0.6) is 0 Å². The van der Waals surface area contributed by atoms with E-state index in [0.29, 0.717) is 12.0 Å². The van der Waals surface area contributed by atoms with Gasteiger partial charge in [0.1, 0.15) is 16.9 Å². The molecule has 128 valence electrons. The molecule has 0 amide bonds. The predicted octanol–water partition coefficient (Wildman–Crippen LogP) is 2.11. The van der Waals surface area contributed by atoms with Crippen molar-refractivity contribution >= 4 is 16.9 Å². The second kappa shape index (κ2) is 6.07. The quantitative estimate of drug-likeness (QED) is 0.725. The molecule has 0 saturated carbocycles. The number of nitrogens with zero attached hydrogens (tertiary/aromatic N) is 6.